The Morgan fingerprint density at radius 1 is 1.25 bits per heavy atom. The van der Waals surface area contributed by atoms with E-state index in [0.717, 1.165) is 19.3 Å². The highest BCUT2D eigenvalue weighted by Crippen LogP contribution is 1.97. The van der Waals surface area contributed by atoms with E-state index in [-0.39, 0.29) is 12.3 Å². The fraction of sp³-hybridized carbons (Fsp3) is 0.818. The fourth-order valence-electron chi connectivity index (χ4n) is 1.35. The average Bonchev–Trinajstić information content (AvgIpc) is 2.25. The van der Waals surface area contributed by atoms with Gasteiger partial charge < -0.3 is 15.7 Å². The van der Waals surface area contributed by atoms with Gasteiger partial charge in [-0.1, -0.05) is 26.2 Å². The van der Waals surface area contributed by atoms with Crippen molar-refractivity contribution in [2.24, 2.45) is 0 Å². The zero-order chi connectivity index (χ0) is 12.4. The molecule has 0 bridgehead atoms. The Balaban J connectivity index is 3.61. The second-order valence-corrected chi connectivity index (χ2v) is 3.79. The van der Waals surface area contributed by atoms with Gasteiger partial charge in [0.25, 0.3) is 0 Å². The summed E-state index contributed by atoms with van der Waals surface area (Å²) >= 11 is 0. The molecule has 0 radical (unpaired) electrons. The van der Waals surface area contributed by atoms with Crippen LogP contribution in [0.1, 0.15) is 39.0 Å². The molecule has 0 aromatic carbocycles. The summed E-state index contributed by atoms with van der Waals surface area (Å²) in [6.07, 6.45) is 4.38. The zero-order valence-corrected chi connectivity index (χ0v) is 10.1. The number of likely N-dealkylation sites (N-methyl/N-ethyl adjacent to an activating group) is 1. The van der Waals surface area contributed by atoms with E-state index in [9.17, 15) is 9.59 Å². The summed E-state index contributed by atoms with van der Waals surface area (Å²) < 4.78 is 0. The van der Waals surface area contributed by atoms with Gasteiger partial charge in [0.1, 0.15) is 6.04 Å². The van der Waals surface area contributed by atoms with Crippen molar-refractivity contribution >= 4 is 11.9 Å². The Morgan fingerprint density at radius 3 is 2.44 bits per heavy atom. The highest BCUT2D eigenvalue weighted by atomic mass is 16.4. The molecule has 0 heterocycles. The van der Waals surface area contributed by atoms with Crippen LogP contribution in [0, 0.1) is 0 Å². The second kappa shape index (κ2) is 9.15. The van der Waals surface area contributed by atoms with Crippen molar-refractivity contribution in [3.63, 3.8) is 0 Å². The van der Waals surface area contributed by atoms with Gasteiger partial charge in [-0.05, 0) is 13.5 Å². The van der Waals surface area contributed by atoms with Crippen LogP contribution in [0.2, 0.25) is 0 Å². The molecule has 5 nitrogen and oxygen atoms in total. The predicted molar refractivity (Wildman–Crippen MR) is 62.3 cm³/mol. The Labute approximate surface area is 96.6 Å². The SMILES string of the molecule is CCCCCCNC(=O)C[C@H](NC)C(=O)O. The van der Waals surface area contributed by atoms with Crippen LogP contribution in [0.5, 0.6) is 0 Å². The van der Waals surface area contributed by atoms with Gasteiger partial charge in [-0.25, -0.2) is 0 Å². The normalized spacial score (nSPS) is 12.1. The van der Waals surface area contributed by atoms with E-state index in [1.807, 2.05) is 0 Å². The van der Waals surface area contributed by atoms with Crippen LogP contribution in [-0.4, -0.2) is 36.6 Å². The fourth-order valence-corrected chi connectivity index (χ4v) is 1.35. The lowest BCUT2D eigenvalue weighted by atomic mass is 10.2. The van der Waals surface area contributed by atoms with Crippen molar-refractivity contribution < 1.29 is 14.7 Å². The molecular formula is C11H22N2O3. The third-order valence-corrected chi connectivity index (χ3v) is 2.39. The maximum Gasteiger partial charge on any atom is 0.321 e. The minimum absolute atomic E-state index is 0.0143. The highest BCUT2D eigenvalue weighted by Gasteiger charge is 2.18. The first-order chi connectivity index (χ1) is 7.61. The molecular weight excluding hydrogens is 208 g/mol. The van der Waals surface area contributed by atoms with Crippen molar-refractivity contribution in [1.82, 2.24) is 10.6 Å². The van der Waals surface area contributed by atoms with Crippen molar-refractivity contribution in [3.05, 3.63) is 0 Å². The summed E-state index contributed by atoms with van der Waals surface area (Å²) in [5.41, 5.74) is 0. The molecule has 5 heteroatoms. The number of nitrogens with one attached hydrogen (secondary N) is 2. The minimum Gasteiger partial charge on any atom is -0.480 e. The molecule has 1 amide bonds. The Morgan fingerprint density at radius 2 is 1.94 bits per heavy atom. The van der Waals surface area contributed by atoms with E-state index in [4.69, 9.17) is 5.11 Å². The first-order valence-electron chi connectivity index (χ1n) is 5.78. The van der Waals surface area contributed by atoms with Gasteiger partial charge in [0.05, 0.1) is 6.42 Å². The third kappa shape index (κ3) is 7.23. The summed E-state index contributed by atoms with van der Waals surface area (Å²) in [6, 6.07) is -0.796. The van der Waals surface area contributed by atoms with Gasteiger partial charge >= 0.3 is 5.97 Å². The van der Waals surface area contributed by atoms with Crippen molar-refractivity contribution in [3.8, 4) is 0 Å². The molecule has 16 heavy (non-hydrogen) atoms. The molecule has 0 aromatic heterocycles. The standard InChI is InChI=1S/C11H22N2O3/c1-3-4-5-6-7-13-10(14)8-9(12-2)11(15)16/h9,12H,3-8H2,1-2H3,(H,13,14)(H,15,16)/t9-/m0/s1. The van der Waals surface area contributed by atoms with E-state index in [1.54, 1.807) is 0 Å². The van der Waals surface area contributed by atoms with Gasteiger partial charge in [-0.3, -0.25) is 9.59 Å². The number of carbonyl (C=O) groups is 2. The smallest absolute Gasteiger partial charge is 0.321 e. The predicted octanol–water partition coefficient (Wildman–Crippen LogP) is 0.746. The number of carboxylic acids is 1. The van der Waals surface area contributed by atoms with E-state index in [2.05, 4.69) is 17.6 Å². The number of hydrogen-bond acceptors (Lipinski definition) is 3. The molecule has 0 spiro atoms. The van der Waals surface area contributed by atoms with Gasteiger partial charge in [0.2, 0.25) is 5.91 Å². The van der Waals surface area contributed by atoms with Crippen LogP contribution in [0.15, 0.2) is 0 Å². The van der Waals surface area contributed by atoms with Crippen LogP contribution < -0.4 is 10.6 Å². The quantitative estimate of drug-likeness (QED) is 0.511. The number of hydrogen-bond donors (Lipinski definition) is 3. The maximum atomic E-state index is 11.3. The molecule has 0 fully saturated rings. The lowest BCUT2D eigenvalue weighted by molar-refractivity contribution is -0.141. The van der Waals surface area contributed by atoms with Gasteiger partial charge in [-0.2, -0.15) is 0 Å². The molecule has 0 aliphatic rings. The summed E-state index contributed by atoms with van der Waals surface area (Å²) in [4.78, 5) is 22.0. The van der Waals surface area contributed by atoms with Crippen LogP contribution >= 0.6 is 0 Å². The topological polar surface area (TPSA) is 78.4 Å². The number of aliphatic carboxylic acids is 1. The number of unbranched alkanes of at least 4 members (excludes halogenated alkanes) is 3. The maximum absolute atomic E-state index is 11.3. The molecule has 94 valence electrons. The molecule has 0 rings (SSSR count). The van der Waals surface area contributed by atoms with Crippen molar-refractivity contribution in [2.75, 3.05) is 13.6 Å². The monoisotopic (exact) mass is 230 g/mol. The van der Waals surface area contributed by atoms with E-state index >= 15 is 0 Å². The van der Waals surface area contributed by atoms with Crippen molar-refractivity contribution in [1.29, 1.82) is 0 Å². The van der Waals surface area contributed by atoms with Crippen LogP contribution in [0.4, 0.5) is 0 Å². The van der Waals surface area contributed by atoms with Gasteiger partial charge in [-0.15, -0.1) is 0 Å². The van der Waals surface area contributed by atoms with E-state index < -0.39 is 12.0 Å². The van der Waals surface area contributed by atoms with Crippen LogP contribution in [-0.2, 0) is 9.59 Å². The lowest BCUT2D eigenvalue weighted by Gasteiger charge is -2.10. The van der Waals surface area contributed by atoms with Crippen LogP contribution in [0.25, 0.3) is 0 Å². The summed E-state index contributed by atoms with van der Waals surface area (Å²) in [7, 11) is 1.54. The van der Waals surface area contributed by atoms with Gasteiger partial charge in [0.15, 0.2) is 0 Å². The molecule has 0 aromatic rings. The Hall–Kier alpha value is -1.10. The average molecular weight is 230 g/mol. The lowest BCUT2D eigenvalue weighted by Crippen LogP contribution is -2.39. The first-order valence-corrected chi connectivity index (χ1v) is 5.78. The molecule has 0 aliphatic heterocycles. The number of carbonyl (C=O) groups excluding carboxylic acids is 1. The van der Waals surface area contributed by atoms with E-state index in [1.165, 1.54) is 13.5 Å². The summed E-state index contributed by atoms with van der Waals surface area (Å²) in [6.45, 7) is 2.76. The first kappa shape index (κ1) is 14.9. The Kier molecular flexibility index (Phi) is 8.52. The highest BCUT2D eigenvalue weighted by molar-refractivity contribution is 5.84. The largest absolute Gasteiger partial charge is 0.480 e. The molecule has 0 aliphatic carbocycles. The van der Waals surface area contributed by atoms with E-state index in [0.29, 0.717) is 6.54 Å². The molecule has 3 N–H and O–H groups in total. The summed E-state index contributed by atoms with van der Waals surface area (Å²) in [5.74, 6) is -1.21. The third-order valence-electron chi connectivity index (χ3n) is 2.39. The second-order valence-electron chi connectivity index (χ2n) is 3.79. The number of rotatable bonds is 9. The van der Waals surface area contributed by atoms with Crippen molar-refractivity contribution in [2.45, 2.75) is 45.1 Å². The number of amides is 1. The minimum atomic E-state index is -0.997. The molecule has 1 atom stereocenters. The number of carboxylic acid groups (broad SMARTS) is 1. The molecule has 0 unspecified atom stereocenters. The van der Waals surface area contributed by atoms with Crippen LogP contribution in [0.3, 0.4) is 0 Å². The zero-order valence-electron chi connectivity index (χ0n) is 10.1. The summed E-state index contributed by atoms with van der Waals surface area (Å²) in [5, 5.41) is 14.0. The molecule has 0 saturated carbocycles. The molecule has 0 saturated heterocycles. The van der Waals surface area contributed by atoms with Gasteiger partial charge in [0, 0.05) is 6.54 Å². The Bertz CT molecular complexity index is 219.